The average molecular weight is 247 g/mol. The summed E-state index contributed by atoms with van der Waals surface area (Å²) in [6, 6.07) is 2.25. The van der Waals surface area contributed by atoms with E-state index in [1.54, 1.807) is 0 Å². The molecule has 0 aliphatic heterocycles. The van der Waals surface area contributed by atoms with Crippen molar-refractivity contribution in [1.29, 1.82) is 0 Å². The van der Waals surface area contributed by atoms with Crippen LogP contribution in [0.1, 0.15) is 37.1 Å². The van der Waals surface area contributed by atoms with Crippen molar-refractivity contribution < 1.29 is 0 Å². The Labute approximate surface area is 108 Å². The van der Waals surface area contributed by atoms with Crippen molar-refractivity contribution in [3.05, 3.63) is 35.7 Å². The van der Waals surface area contributed by atoms with Crippen LogP contribution in [0, 0.1) is 0 Å². The van der Waals surface area contributed by atoms with Gasteiger partial charge in [-0.25, -0.2) is 4.98 Å². The van der Waals surface area contributed by atoms with Gasteiger partial charge in [0.05, 0.1) is 11.4 Å². The monoisotopic (exact) mass is 247 g/mol. The molecule has 5 heteroatoms. The Kier molecular flexibility index (Phi) is 3.81. The van der Waals surface area contributed by atoms with Crippen LogP contribution >= 0.6 is 0 Å². The van der Waals surface area contributed by atoms with Crippen molar-refractivity contribution in [1.82, 2.24) is 24.6 Å². The van der Waals surface area contributed by atoms with Gasteiger partial charge in [0, 0.05) is 26.5 Å². The van der Waals surface area contributed by atoms with Crippen LogP contribution in [0.4, 0.5) is 0 Å². The average Bonchev–Trinajstić information content (AvgIpc) is 2.93. The highest BCUT2D eigenvalue weighted by atomic mass is 15.3. The van der Waals surface area contributed by atoms with Crippen molar-refractivity contribution in [2.24, 2.45) is 14.1 Å². The van der Waals surface area contributed by atoms with Crippen molar-refractivity contribution in [3.8, 4) is 0 Å². The van der Waals surface area contributed by atoms with Crippen LogP contribution < -0.4 is 5.32 Å². The molecule has 2 heterocycles. The lowest BCUT2D eigenvalue weighted by Crippen LogP contribution is -2.26. The molecule has 0 radical (unpaired) electrons. The van der Waals surface area contributed by atoms with Gasteiger partial charge in [0.1, 0.15) is 11.9 Å². The van der Waals surface area contributed by atoms with Gasteiger partial charge < -0.3 is 9.88 Å². The Morgan fingerprint density at radius 2 is 2.11 bits per heavy atom. The summed E-state index contributed by atoms with van der Waals surface area (Å²) in [5.74, 6) is 1.02. The maximum absolute atomic E-state index is 4.51. The van der Waals surface area contributed by atoms with E-state index in [9.17, 15) is 0 Å². The summed E-state index contributed by atoms with van der Waals surface area (Å²) in [7, 11) is 4.01. The van der Waals surface area contributed by atoms with Crippen molar-refractivity contribution in [3.63, 3.8) is 0 Å². The highest BCUT2D eigenvalue weighted by molar-refractivity contribution is 5.21. The fourth-order valence-corrected chi connectivity index (χ4v) is 2.17. The molecule has 0 aromatic carbocycles. The smallest absolute Gasteiger partial charge is 0.131 e. The number of aryl methyl sites for hydroxylation is 3. The molecular formula is C13H21N5. The molecule has 1 unspecified atom stereocenters. The third-order valence-corrected chi connectivity index (χ3v) is 3.15. The SMILES string of the molecule is CCNC(c1nccn1C)c1cc(CC)nn1C. The number of rotatable bonds is 5. The van der Waals surface area contributed by atoms with E-state index in [1.807, 2.05) is 35.7 Å². The van der Waals surface area contributed by atoms with Crippen molar-refractivity contribution >= 4 is 0 Å². The Hall–Kier alpha value is -1.62. The second-order valence-corrected chi connectivity index (χ2v) is 4.42. The summed E-state index contributed by atoms with van der Waals surface area (Å²) in [5, 5.41) is 7.99. The van der Waals surface area contributed by atoms with E-state index in [2.05, 4.69) is 35.3 Å². The summed E-state index contributed by atoms with van der Waals surface area (Å²) in [5.41, 5.74) is 2.27. The number of hydrogen-bond acceptors (Lipinski definition) is 3. The van der Waals surface area contributed by atoms with Gasteiger partial charge in [-0.3, -0.25) is 4.68 Å². The van der Waals surface area contributed by atoms with Crippen LogP contribution in [-0.4, -0.2) is 25.9 Å². The molecule has 1 atom stereocenters. The minimum absolute atomic E-state index is 0.0906. The summed E-state index contributed by atoms with van der Waals surface area (Å²) >= 11 is 0. The number of nitrogens with zero attached hydrogens (tertiary/aromatic N) is 4. The lowest BCUT2D eigenvalue weighted by molar-refractivity contribution is 0.534. The second-order valence-electron chi connectivity index (χ2n) is 4.42. The van der Waals surface area contributed by atoms with E-state index in [4.69, 9.17) is 0 Å². The summed E-state index contributed by atoms with van der Waals surface area (Å²) in [6.45, 7) is 5.12. The number of imidazole rings is 1. The molecule has 0 saturated carbocycles. The minimum atomic E-state index is 0.0906. The number of nitrogens with one attached hydrogen (secondary N) is 1. The predicted molar refractivity (Wildman–Crippen MR) is 71.3 cm³/mol. The zero-order valence-electron chi connectivity index (χ0n) is 11.5. The van der Waals surface area contributed by atoms with Crippen LogP contribution in [0.5, 0.6) is 0 Å². The van der Waals surface area contributed by atoms with Crippen LogP contribution in [0.15, 0.2) is 18.5 Å². The van der Waals surface area contributed by atoms with Crippen molar-refractivity contribution in [2.45, 2.75) is 26.3 Å². The first-order valence-corrected chi connectivity index (χ1v) is 6.40. The van der Waals surface area contributed by atoms with E-state index in [-0.39, 0.29) is 6.04 Å². The summed E-state index contributed by atoms with van der Waals surface area (Å²) in [4.78, 5) is 4.45. The zero-order chi connectivity index (χ0) is 13.1. The van der Waals surface area contributed by atoms with Crippen LogP contribution in [0.3, 0.4) is 0 Å². The third kappa shape index (κ3) is 2.31. The second kappa shape index (κ2) is 5.35. The third-order valence-electron chi connectivity index (χ3n) is 3.15. The molecule has 2 aromatic rings. The largest absolute Gasteiger partial charge is 0.336 e. The molecule has 0 bridgehead atoms. The van der Waals surface area contributed by atoms with E-state index in [0.29, 0.717) is 0 Å². The van der Waals surface area contributed by atoms with E-state index >= 15 is 0 Å². The Bertz CT molecular complexity index is 511. The Morgan fingerprint density at radius 3 is 2.61 bits per heavy atom. The van der Waals surface area contributed by atoms with E-state index in [1.165, 1.54) is 0 Å². The summed E-state index contributed by atoms with van der Waals surface area (Å²) < 4.78 is 3.99. The van der Waals surface area contributed by atoms with Gasteiger partial charge in [-0.2, -0.15) is 5.10 Å². The zero-order valence-corrected chi connectivity index (χ0v) is 11.5. The Morgan fingerprint density at radius 1 is 1.33 bits per heavy atom. The molecule has 5 nitrogen and oxygen atoms in total. The van der Waals surface area contributed by atoms with Crippen LogP contribution in [0.25, 0.3) is 0 Å². The van der Waals surface area contributed by atoms with Gasteiger partial charge in [-0.05, 0) is 19.0 Å². The van der Waals surface area contributed by atoms with Gasteiger partial charge in [0.2, 0.25) is 0 Å². The normalized spacial score (nSPS) is 12.9. The molecule has 0 aliphatic carbocycles. The molecule has 0 fully saturated rings. The topological polar surface area (TPSA) is 47.7 Å². The molecular weight excluding hydrogens is 226 g/mol. The van der Waals surface area contributed by atoms with Gasteiger partial charge in [-0.1, -0.05) is 13.8 Å². The first kappa shape index (κ1) is 12.8. The molecule has 0 spiro atoms. The van der Waals surface area contributed by atoms with Gasteiger partial charge >= 0.3 is 0 Å². The lowest BCUT2D eigenvalue weighted by Gasteiger charge is -2.17. The van der Waals surface area contributed by atoms with Crippen LogP contribution in [0.2, 0.25) is 0 Å². The fraction of sp³-hybridized carbons (Fsp3) is 0.538. The highest BCUT2D eigenvalue weighted by Crippen LogP contribution is 2.20. The number of aromatic nitrogens is 4. The van der Waals surface area contributed by atoms with Gasteiger partial charge in [0.15, 0.2) is 0 Å². The first-order chi connectivity index (χ1) is 8.67. The maximum atomic E-state index is 4.51. The van der Waals surface area contributed by atoms with Gasteiger partial charge in [0.25, 0.3) is 0 Å². The quantitative estimate of drug-likeness (QED) is 0.869. The molecule has 0 aliphatic rings. The molecule has 2 rings (SSSR count). The Balaban J connectivity index is 2.41. The van der Waals surface area contributed by atoms with Gasteiger partial charge in [-0.15, -0.1) is 0 Å². The van der Waals surface area contributed by atoms with E-state index < -0.39 is 0 Å². The standard InChI is InChI=1S/C13H21N5/c1-5-10-9-11(18(4)16-10)12(14-6-2)13-15-7-8-17(13)3/h7-9,12,14H,5-6H2,1-4H3. The fourth-order valence-electron chi connectivity index (χ4n) is 2.17. The molecule has 18 heavy (non-hydrogen) atoms. The molecule has 0 amide bonds. The molecule has 2 aromatic heterocycles. The number of hydrogen-bond donors (Lipinski definition) is 1. The molecule has 0 saturated heterocycles. The lowest BCUT2D eigenvalue weighted by atomic mass is 10.1. The van der Waals surface area contributed by atoms with Crippen molar-refractivity contribution in [2.75, 3.05) is 6.54 Å². The minimum Gasteiger partial charge on any atom is -0.336 e. The molecule has 98 valence electrons. The summed E-state index contributed by atoms with van der Waals surface area (Å²) in [6.07, 6.45) is 4.75. The molecule has 1 N–H and O–H groups in total. The van der Waals surface area contributed by atoms with E-state index in [0.717, 1.165) is 30.2 Å². The first-order valence-electron chi connectivity index (χ1n) is 6.40. The van der Waals surface area contributed by atoms with Crippen LogP contribution in [-0.2, 0) is 20.5 Å². The predicted octanol–water partition coefficient (Wildman–Crippen LogP) is 1.41. The highest BCUT2D eigenvalue weighted by Gasteiger charge is 2.21. The maximum Gasteiger partial charge on any atom is 0.131 e.